The number of hydrogen-bond donors (Lipinski definition) is 0. The predicted molar refractivity (Wildman–Crippen MR) is 86.9 cm³/mol. The van der Waals surface area contributed by atoms with Crippen molar-refractivity contribution in [2.24, 2.45) is 0 Å². The molecule has 0 aliphatic rings. The molecule has 0 spiro atoms. The van der Waals surface area contributed by atoms with Gasteiger partial charge in [-0.1, -0.05) is 78.2 Å². The van der Waals surface area contributed by atoms with Crippen LogP contribution < -0.4 is 0 Å². The number of carbonyl (C=O) groups excluding carboxylic acids is 1. The molecular formula is C18H34O2. The van der Waals surface area contributed by atoms with Crippen LogP contribution in [0.1, 0.15) is 90.9 Å². The van der Waals surface area contributed by atoms with Crippen molar-refractivity contribution in [1.29, 1.82) is 0 Å². The maximum absolute atomic E-state index is 11.6. The zero-order valence-corrected chi connectivity index (χ0v) is 13.7. The SMILES string of the molecule is C=C(CCCCC)C(=O)OCCCCCCCCCC. The molecule has 0 amide bonds. The molecule has 118 valence electrons. The van der Waals surface area contributed by atoms with Crippen molar-refractivity contribution in [1.82, 2.24) is 0 Å². The van der Waals surface area contributed by atoms with Crippen LogP contribution in [0.15, 0.2) is 12.2 Å². The van der Waals surface area contributed by atoms with Gasteiger partial charge in [-0.2, -0.15) is 0 Å². The van der Waals surface area contributed by atoms with Gasteiger partial charge in [0.2, 0.25) is 0 Å². The van der Waals surface area contributed by atoms with E-state index in [2.05, 4.69) is 20.4 Å². The zero-order chi connectivity index (χ0) is 15.1. The van der Waals surface area contributed by atoms with Crippen molar-refractivity contribution in [3.63, 3.8) is 0 Å². The second-order valence-corrected chi connectivity index (χ2v) is 5.67. The highest BCUT2D eigenvalue weighted by Gasteiger charge is 2.07. The lowest BCUT2D eigenvalue weighted by atomic mass is 10.1. The van der Waals surface area contributed by atoms with E-state index in [4.69, 9.17) is 4.74 Å². The van der Waals surface area contributed by atoms with Gasteiger partial charge in [0, 0.05) is 5.57 Å². The van der Waals surface area contributed by atoms with Gasteiger partial charge in [0.15, 0.2) is 0 Å². The molecule has 0 N–H and O–H groups in total. The molecule has 0 aromatic heterocycles. The molecule has 0 atom stereocenters. The molecule has 0 fully saturated rings. The van der Waals surface area contributed by atoms with Gasteiger partial charge in [-0.15, -0.1) is 0 Å². The van der Waals surface area contributed by atoms with E-state index in [0.717, 1.165) is 25.7 Å². The van der Waals surface area contributed by atoms with Gasteiger partial charge < -0.3 is 4.74 Å². The average molecular weight is 282 g/mol. The summed E-state index contributed by atoms with van der Waals surface area (Å²) in [4.78, 5) is 11.6. The molecule has 0 aromatic carbocycles. The highest BCUT2D eigenvalue weighted by molar-refractivity contribution is 5.87. The van der Waals surface area contributed by atoms with E-state index in [1.165, 1.54) is 51.4 Å². The summed E-state index contributed by atoms with van der Waals surface area (Å²) in [5, 5.41) is 0. The summed E-state index contributed by atoms with van der Waals surface area (Å²) in [6.07, 6.45) is 14.3. The van der Waals surface area contributed by atoms with Gasteiger partial charge in [0.25, 0.3) is 0 Å². The Kier molecular flexibility index (Phi) is 14.0. The second-order valence-electron chi connectivity index (χ2n) is 5.67. The van der Waals surface area contributed by atoms with Crippen molar-refractivity contribution in [2.75, 3.05) is 6.61 Å². The molecule has 2 nitrogen and oxygen atoms in total. The number of esters is 1. The normalized spacial score (nSPS) is 10.5. The van der Waals surface area contributed by atoms with Crippen molar-refractivity contribution in [2.45, 2.75) is 90.9 Å². The van der Waals surface area contributed by atoms with Crippen molar-refractivity contribution in [3.8, 4) is 0 Å². The topological polar surface area (TPSA) is 26.3 Å². The molecular weight excluding hydrogens is 248 g/mol. The van der Waals surface area contributed by atoms with Crippen LogP contribution in [0.25, 0.3) is 0 Å². The van der Waals surface area contributed by atoms with Gasteiger partial charge in [0.05, 0.1) is 6.61 Å². The third-order valence-corrected chi connectivity index (χ3v) is 3.60. The Bertz CT molecular complexity index is 246. The van der Waals surface area contributed by atoms with Crippen LogP contribution in [0.4, 0.5) is 0 Å². The molecule has 0 aromatic rings. The Balaban J connectivity index is 3.32. The first-order valence-corrected chi connectivity index (χ1v) is 8.57. The van der Waals surface area contributed by atoms with Gasteiger partial charge in [-0.05, 0) is 19.3 Å². The smallest absolute Gasteiger partial charge is 0.333 e. The van der Waals surface area contributed by atoms with E-state index in [-0.39, 0.29) is 5.97 Å². The molecule has 0 bridgehead atoms. The molecule has 0 rings (SSSR count). The Morgan fingerprint density at radius 1 is 0.800 bits per heavy atom. The summed E-state index contributed by atoms with van der Waals surface area (Å²) in [6.45, 7) is 8.76. The molecule has 0 saturated carbocycles. The first kappa shape index (κ1) is 19.2. The fourth-order valence-electron chi connectivity index (χ4n) is 2.19. The number of carbonyl (C=O) groups is 1. The molecule has 0 aliphatic heterocycles. The molecule has 0 saturated heterocycles. The van der Waals surface area contributed by atoms with Crippen molar-refractivity contribution >= 4 is 5.97 Å². The Hall–Kier alpha value is -0.790. The Morgan fingerprint density at radius 3 is 1.90 bits per heavy atom. The minimum atomic E-state index is -0.191. The summed E-state index contributed by atoms with van der Waals surface area (Å²) in [6, 6.07) is 0. The monoisotopic (exact) mass is 282 g/mol. The van der Waals surface area contributed by atoms with Crippen LogP contribution >= 0.6 is 0 Å². The van der Waals surface area contributed by atoms with E-state index in [1.54, 1.807) is 0 Å². The lowest BCUT2D eigenvalue weighted by Crippen LogP contribution is -2.08. The highest BCUT2D eigenvalue weighted by Crippen LogP contribution is 2.10. The molecule has 0 radical (unpaired) electrons. The first-order valence-electron chi connectivity index (χ1n) is 8.57. The first-order chi connectivity index (χ1) is 9.72. The number of ether oxygens (including phenoxy) is 1. The number of unbranched alkanes of at least 4 members (excludes halogenated alkanes) is 9. The minimum Gasteiger partial charge on any atom is -0.462 e. The molecule has 2 heteroatoms. The Labute approximate surface area is 126 Å². The van der Waals surface area contributed by atoms with Gasteiger partial charge in [-0.3, -0.25) is 0 Å². The van der Waals surface area contributed by atoms with E-state index in [1.807, 2.05) is 0 Å². The van der Waals surface area contributed by atoms with Gasteiger partial charge >= 0.3 is 5.97 Å². The van der Waals surface area contributed by atoms with Crippen LogP contribution in [0, 0.1) is 0 Å². The number of hydrogen-bond acceptors (Lipinski definition) is 2. The average Bonchev–Trinajstić information content (AvgIpc) is 2.45. The van der Waals surface area contributed by atoms with Gasteiger partial charge in [-0.25, -0.2) is 4.79 Å². The van der Waals surface area contributed by atoms with Crippen molar-refractivity contribution < 1.29 is 9.53 Å². The van der Waals surface area contributed by atoms with E-state index >= 15 is 0 Å². The molecule has 20 heavy (non-hydrogen) atoms. The minimum absolute atomic E-state index is 0.191. The van der Waals surface area contributed by atoms with Crippen LogP contribution in [-0.2, 0) is 9.53 Å². The largest absolute Gasteiger partial charge is 0.462 e. The predicted octanol–water partition coefficient (Wildman–Crippen LogP) is 5.81. The second kappa shape index (κ2) is 14.6. The van der Waals surface area contributed by atoms with E-state index in [9.17, 15) is 4.79 Å². The quantitative estimate of drug-likeness (QED) is 0.228. The lowest BCUT2D eigenvalue weighted by molar-refractivity contribution is -0.139. The lowest BCUT2D eigenvalue weighted by Gasteiger charge is -2.07. The Morgan fingerprint density at radius 2 is 1.30 bits per heavy atom. The zero-order valence-electron chi connectivity index (χ0n) is 13.7. The fourth-order valence-corrected chi connectivity index (χ4v) is 2.19. The summed E-state index contributed by atoms with van der Waals surface area (Å²) < 4.78 is 5.24. The third-order valence-electron chi connectivity index (χ3n) is 3.60. The van der Waals surface area contributed by atoms with Crippen LogP contribution in [0.3, 0.4) is 0 Å². The maximum atomic E-state index is 11.6. The van der Waals surface area contributed by atoms with Crippen LogP contribution in [0.5, 0.6) is 0 Å². The maximum Gasteiger partial charge on any atom is 0.333 e. The summed E-state index contributed by atoms with van der Waals surface area (Å²) in [7, 11) is 0. The number of rotatable bonds is 14. The summed E-state index contributed by atoms with van der Waals surface area (Å²) in [5.41, 5.74) is 0.637. The summed E-state index contributed by atoms with van der Waals surface area (Å²) >= 11 is 0. The molecule has 0 heterocycles. The van der Waals surface area contributed by atoms with Crippen LogP contribution in [0.2, 0.25) is 0 Å². The van der Waals surface area contributed by atoms with E-state index < -0.39 is 0 Å². The van der Waals surface area contributed by atoms with E-state index in [0.29, 0.717) is 12.2 Å². The highest BCUT2D eigenvalue weighted by atomic mass is 16.5. The molecule has 0 unspecified atom stereocenters. The molecule has 0 aliphatic carbocycles. The van der Waals surface area contributed by atoms with Crippen LogP contribution in [-0.4, -0.2) is 12.6 Å². The van der Waals surface area contributed by atoms with Crippen molar-refractivity contribution in [3.05, 3.63) is 12.2 Å². The standard InChI is InChI=1S/C18H34O2/c1-4-6-8-9-10-11-12-14-16-20-18(19)17(3)15-13-7-5-2/h3-16H2,1-2H3. The third kappa shape index (κ3) is 12.3. The fraction of sp³-hybridized carbons (Fsp3) is 0.833. The summed E-state index contributed by atoms with van der Waals surface area (Å²) in [5.74, 6) is -0.191. The van der Waals surface area contributed by atoms with Gasteiger partial charge in [0.1, 0.15) is 0 Å².